The van der Waals surface area contributed by atoms with E-state index in [9.17, 15) is 14.0 Å². The highest BCUT2D eigenvalue weighted by Crippen LogP contribution is 2.25. The number of Topliss-reactive ketones (excluding diaryl/α,β-unsaturated/α-hetero) is 1. The molecule has 2 aromatic carbocycles. The van der Waals surface area contributed by atoms with Crippen LogP contribution in [0.5, 0.6) is 5.75 Å². The van der Waals surface area contributed by atoms with Crippen molar-refractivity contribution in [2.24, 2.45) is 5.92 Å². The number of fused-ring (bicyclic) bond motifs is 1. The summed E-state index contributed by atoms with van der Waals surface area (Å²) in [5.41, 5.74) is 1.64. The van der Waals surface area contributed by atoms with Crippen LogP contribution in [0.2, 0.25) is 0 Å². The van der Waals surface area contributed by atoms with Crippen molar-refractivity contribution >= 4 is 22.6 Å². The molecule has 4 rings (SSSR count). The molecule has 1 aromatic heterocycles. The Morgan fingerprint density at radius 1 is 1.11 bits per heavy atom. The number of ketones is 1. The van der Waals surface area contributed by atoms with Crippen LogP contribution in [0, 0.1) is 11.7 Å². The number of likely N-dealkylation sites (tertiary alicyclic amines) is 1. The lowest BCUT2D eigenvalue weighted by atomic mass is 9.89. The fourth-order valence-electron chi connectivity index (χ4n) is 3.74. The van der Waals surface area contributed by atoms with Crippen LogP contribution in [0.4, 0.5) is 4.39 Å². The van der Waals surface area contributed by atoms with Crippen molar-refractivity contribution in [3.63, 3.8) is 0 Å². The smallest absolute Gasteiger partial charge is 0.270 e. The Hall–Kier alpha value is -3.15. The largest absolute Gasteiger partial charge is 0.497 e. The van der Waals surface area contributed by atoms with E-state index in [1.54, 1.807) is 54.5 Å². The molecule has 0 saturated carbocycles. The maximum Gasteiger partial charge on any atom is 0.270 e. The monoisotopic (exact) mass is 380 g/mol. The van der Waals surface area contributed by atoms with Crippen molar-refractivity contribution in [2.75, 3.05) is 20.2 Å². The molecule has 1 N–H and O–H groups in total. The van der Waals surface area contributed by atoms with Crippen LogP contribution in [-0.4, -0.2) is 41.8 Å². The SMILES string of the molecule is COc1ccc(C(=O)C2CCN(C(=O)c3cc4c(F)cccc4[nH]3)CC2)cc1. The normalized spacial score (nSPS) is 15.0. The van der Waals surface area contributed by atoms with Gasteiger partial charge in [0.25, 0.3) is 5.91 Å². The van der Waals surface area contributed by atoms with Gasteiger partial charge in [0, 0.05) is 35.5 Å². The lowest BCUT2D eigenvalue weighted by Crippen LogP contribution is -2.40. The number of nitrogens with one attached hydrogen (secondary N) is 1. The molecule has 144 valence electrons. The van der Waals surface area contributed by atoms with Crippen LogP contribution in [-0.2, 0) is 0 Å². The molecule has 0 bridgehead atoms. The molecule has 3 aromatic rings. The molecule has 1 saturated heterocycles. The van der Waals surface area contributed by atoms with Crippen molar-refractivity contribution in [1.29, 1.82) is 0 Å². The van der Waals surface area contributed by atoms with Crippen molar-refractivity contribution in [2.45, 2.75) is 12.8 Å². The Bertz CT molecular complexity index is 1020. The minimum absolute atomic E-state index is 0.0994. The number of aromatic amines is 1. The molecular weight excluding hydrogens is 359 g/mol. The topological polar surface area (TPSA) is 62.4 Å². The van der Waals surface area contributed by atoms with Gasteiger partial charge in [-0.25, -0.2) is 4.39 Å². The van der Waals surface area contributed by atoms with E-state index in [2.05, 4.69) is 4.98 Å². The molecule has 28 heavy (non-hydrogen) atoms. The quantitative estimate of drug-likeness (QED) is 0.695. The van der Waals surface area contributed by atoms with Gasteiger partial charge in [-0.3, -0.25) is 9.59 Å². The van der Waals surface area contributed by atoms with E-state index >= 15 is 0 Å². The standard InChI is InChI=1S/C22H21FN2O3/c1-28-16-7-5-14(6-8-16)21(26)15-9-11-25(12-10-15)22(27)20-13-17-18(23)3-2-4-19(17)24-20/h2-8,13,15,24H,9-12H2,1H3. The van der Waals surface area contributed by atoms with Crippen LogP contribution < -0.4 is 4.74 Å². The number of hydrogen-bond donors (Lipinski definition) is 1. The van der Waals surface area contributed by atoms with Crippen molar-refractivity contribution in [3.05, 3.63) is 65.6 Å². The molecule has 1 aliphatic rings. The number of methoxy groups -OCH3 is 1. The Morgan fingerprint density at radius 2 is 1.82 bits per heavy atom. The third-order valence-corrected chi connectivity index (χ3v) is 5.37. The number of carbonyl (C=O) groups excluding carboxylic acids is 2. The molecular formula is C22H21FN2O3. The highest BCUT2D eigenvalue weighted by atomic mass is 19.1. The summed E-state index contributed by atoms with van der Waals surface area (Å²) in [5, 5.41) is 0.412. The molecule has 1 fully saturated rings. The summed E-state index contributed by atoms with van der Waals surface area (Å²) >= 11 is 0. The Kier molecular flexibility index (Phi) is 4.86. The first-order valence-electron chi connectivity index (χ1n) is 9.31. The Morgan fingerprint density at radius 3 is 2.46 bits per heavy atom. The molecule has 0 atom stereocenters. The number of nitrogens with zero attached hydrogens (tertiary/aromatic N) is 1. The molecule has 1 aliphatic heterocycles. The van der Waals surface area contributed by atoms with Crippen molar-refractivity contribution in [1.82, 2.24) is 9.88 Å². The first kappa shape index (κ1) is 18.2. The summed E-state index contributed by atoms with van der Waals surface area (Å²) in [6.07, 6.45) is 1.23. The van der Waals surface area contributed by atoms with E-state index in [-0.39, 0.29) is 23.4 Å². The average molecular weight is 380 g/mol. The predicted octanol–water partition coefficient (Wildman–Crippen LogP) is 4.05. The molecule has 6 heteroatoms. The van der Waals surface area contributed by atoms with E-state index < -0.39 is 0 Å². The number of carbonyl (C=O) groups is 2. The lowest BCUT2D eigenvalue weighted by molar-refractivity contribution is 0.0646. The number of piperidine rings is 1. The van der Waals surface area contributed by atoms with Crippen LogP contribution in [0.15, 0.2) is 48.5 Å². The zero-order chi connectivity index (χ0) is 19.7. The molecule has 0 unspecified atom stereocenters. The maximum absolute atomic E-state index is 13.9. The number of amides is 1. The lowest BCUT2D eigenvalue weighted by Gasteiger charge is -2.31. The summed E-state index contributed by atoms with van der Waals surface area (Å²) in [4.78, 5) is 30.2. The van der Waals surface area contributed by atoms with Crippen LogP contribution in [0.25, 0.3) is 10.9 Å². The van der Waals surface area contributed by atoms with Crippen molar-refractivity contribution < 1.29 is 18.7 Å². The summed E-state index contributed by atoms with van der Waals surface area (Å²) in [5.74, 6) is 0.203. The van der Waals surface area contributed by atoms with E-state index in [1.807, 2.05) is 0 Å². The molecule has 0 spiro atoms. The molecule has 1 amide bonds. The van der Waals surface area contributed by atoms with E-state index in [0.29, 0.717) is 53.8 Å². The second kappa shape index (κ2) is 7.46. The number of benzene rings is 2. The number of halogens is 1. The van der Waals surface area contributed by atoms with Crippen LogP contribution in [0.3, 0.4) is 0 Å². The second-order valence-electron chi connectivity index (χ2n) is 7.04. The predicted molar refractivity (Wildman–Crippen MR) is 104 cm³/mol. The maximum atomic E-state index is 13.9. The highest BCUT2D eigenvalue weighted by Gasteiger charge is 2.29. The average Bonchev–Trinajstić information content (AvgIpc) is 3.19. The van der Waals surface area contributed by atoms with Gasteiger partial charge in [0.05, 0.1) is 7.11 Å². The second-order valence-corrected chi connectivity index (χ2v) is 7.04. The summed E-state index contributed by atoms with van der Waals surface area (Å²) in [6.45, 7) is 1.01. The van der Waals surface area contributed by atoms with Gasteiger partial charge in [0.2, 0.25) is 0 Å². The van der Waals surface area contributed by atoms with Crippen molar-refractivity contribution in [3.8, 4) is 5.75 Å². The Balaban J connectivity index is 1.42. The van der Waals surface area contributed by atoms with Gasteiger partial charge in [0.15, 0.2) is 5.78 Å². The molecule has 0 radical (unpaired) electrons. The van der Waals surface area contributed by atoms with E-state index in [0.717, 1.165) is 0 Å². The third kappa shape index (κ3) is 3.38. The van der Waals surface area contributed by atoms with E-state index in [1.165, 1.54) is 6.07 Å². The molecule has 0 aliphatic carbocycles. The summed E-state index contributed by atoms with van der Waals surface area (Å²) in [7, 11) is 1.59. The number of hydrogen-bond acceptors (Lipinski definition) is 3. The van der Waals surface area contributed by atoms with Gasteiger partial charge in [-0.05, 0) is 55.3 Å². The van der Waals surface area contributed by atoms with Gasteiger partial charge < -0.3 is 14.6 Å². The van der Waals surface area contributed by atoms with Crippen LogP contribution >= 0.6 is 0 Å². The number of aromatic nitrogens is 1. The minimum Gasteiger partial charge on any atom is -0.497 e. The fourth-order valence-corrected chi connectivity index (χ4v) is 3.74. The number of rotatable bonds is 4. The fraction of sp³-hybridized carbons (Fsp3) is 0.273. The van der Waals surface area contributed by atoms with Gasteiger partial charge in [-0.1, -0.05) is 6.07 Å². The zero-order valence-corrected chi connectivity index (χ0v) is 15.6. The summed E-state index contributed by atoms with van der Waals surface area (Å²) in [6, 6.07) is 13.4. The first-order chi connectivity index (χ1) is 13.6. The Labute approximate surface area is 162 Å². The zero-order valence-electron chi connectivity index (χ0n) is 15.6. The molecule has 2 heterocycles. The summed E-state index contributed by atoms with van der Waals surface area (Å²) < 4.78 is 19.0. The minimum atomic E-state index is -0.350. The first-order valence-corrected chi connectivity index (χ1v) is 9.31. The van der Waals surface area contributed by atoms with E-state index in [4.69, 9.17) is 4.74 Å². The van der Waals surface area contributed by atoms with Gasteiger partial charge in [-0.2, -0.15) is 0 Å². The van der Waals surface area contributed by atoms with Gasteiger partial charge in [-0.15, -0.1) is 0 Å². The molecule has 5 nitrogen and oxygen atoms in total. The number of ether oxygens (including phenoxy) is 1. The van der Waals surface area contributed by atoms with Gasteiger partial charge in [0.1, 0.15) is 17.3 Å². The highest BCUT2D eigenvalue weighted by molar-refractivity contribution is 5.99. The van der Waals surface area contributed by atoms with Crippen LogP contribution in [0.1, 0.15) is 33.7 Å². The third-order valence-electron chi connectivity index (χ3n) is 5.37. The number of H-pyrrole nitrogens is 1. The van der Waals surface area contributed by atoms with Gasteiger partial charge >= 0.3 is 0 Å².